The fraction of sp³-hybridized carbons (Fsp3) is 0.300. The van der Waals surface area contributed by atoms with Crippen LogP contribution in [0.5, 0.6) is 0 Å². The Labute approximate surface area is 86.8 Å². The molecule has 0 aliphatic heterocycles. The summed E-state index contributed by atoms with van der Waals surface area (Å²) in [6.45, 7) is 3.64. The van der Waals surface area contributed by atoms with Gasteiger partial charge in [-0.25, -0.2) is 4.98 Å². The molecular weight excluding hydrogens is 196 g/mol. The number of thiazole rings is 1. The Bertz CT molecular complexity index is 380. The van der Waals surface area contributed by atoms with Crippen molar-refractivity contribution in [3.8, 4) is 0 Å². The second kappa shape index (κ2) is 4.39. The van der Waals surface area contributed by atoms with Crippen LogP contribution in [-0.2, 0) is 13.1 Å². The minimum absolute atomic E-state index is 0.768. The fourth-order valence-corrected chi connectivity index (χ4v) is 1.97. The van der Waals surface area contributed by atoms with Crippen LogP contribution in [0.2, 0.25) is 0 Å². The molecule has 2 rings (SSSR count). The Hall–Kier alpha value is -1.13. The van der Waals surface area contributed by atoms with Crippen molar-refractivity contribution in [1.29, 1.82) is 0 Å². The van der Waals surface area contributed by atoms with E-state index in [0.29, 0.717) is 0 Å². The fourth-order valence-electron chi connectivity index (χ4n) is 1.21. The largest absolute Gasteiger partial charge is 0.468 e. The van der Waals surface area contributed by atoms with E-state index in [1.54, 1.807) is 17.6 Å². The highest BCUT2D eigenvalue weighted by Gasteiger charge is 1.98. The van der Waals surface area contributed by atoms with Crippen LogP contribution in [0.1, 0.15) is 15.6 Å². The lowest BCUT2D eigenvalue weighted by molar-refractivity contribution is 0.483. The molecule has 0 atom stereocenters. The van der Waals surface area contributed by atoms with E-state index >= 15 is 0 Å². The lowest BCUT2D eigenvalue weighted by Crippen LogP contribution is -2.10. The van der Waals surface area contributed by atoms with Gasteiger partial charge >= 0.3 is 0 Å². The van der Waals surface area contributed by atoms with Gasteiger partial charge in [-0.15, -0.1) is 11.3 Å². The Morgan fingerprint density at radius 2 is 2.43 bits per heavy atom. The molecule has 1 N–H and O–H groups in total. The molecule has 0 unspecified atom stereocenters. The molecule has 2 aromatic heterocycles. The number of aryl methyl sites for hydroxylation is 1. The number of furan rings is 1. The van der Waals surface area contributed by atoms with Gasteiger partial charge in [0, 0.05) is 17.6 Å². The third-order valence-electron chi connectivity index (χ3n) is 1.85. The van der Waals surface area contributed by atoms with Gasteiger partial charge < -0.3 is 9.73 Å². The molecule has 0 amide bonds. The normalized spacial score (nSPS) is 10.6. The summed E-state index contributed by atoms with van der Waals surface area (Å²) in [4.78, 5) is 5.45. The lowest BCUT2D eigenvalue weighted by atomic mass is 10.4. The number of aromatic nitrogens is 1. The average molecular weight is 208 g/mol. The van der Waals surface area contributed by atoms with Gasteiger partial charge in [0.25, 0.3) is 0 Å². The van der Waals surface area contributed by atoms with Crippen molar-refractivity contribution in [3.63, 3.8) is 0 Å². The molecule has 0 bridgehead atoms. The predicted octanol–water partition coefficient (Wildman–Crippen LogP) is 2.33. The first-order valence-corrected chi connectivity index (χ1v) is 5.30. The first-order chi connectivity index (χ1) is 6.84. The van der Waals surface area contributed by atoms with Gasteiger partial charge in [-0.1, -0.05) is 0 Å². The van der Waals surface area contributed by atoms with Crippen LogP contribution in [0.25, 0.3) is 0 Å². The highest BCUT2D eigenvalue weighted by molar-refractivity contribution is 7.11. The Morgan fingerprint density at radius 3 is 3.07 bits per heavy atom. The van der Waals surface area contributed by atoms with E-state index < -0.39 is 0 Å². The summed E-state index contributed by atoms with van der Waals surface area (Å²) in [5, 5.41) is 4.40. The molecule has 14 heavy (non-hydrogen) atoms. The topological polar surface area (TPSA) is 38.1 Å². The smallest absolute Gasteiger partial charge is 0.117 e. The van der Waals surface area contributed by atoms with E-state index in [4.69, 9.17) is 4.42 Å². The zero-order valence-corrected chi connectivity index (χ0v) is 8.80. The van der Waals surface area contributed by atoms with Crippen LogP contribution in [0.4, 0.5) is 0 Å². The Kier molecular flexibility index (Phi) is 2.96. The molecule has 4 heteroatoms. The predicted molar refractivity (Wildman–Crippen MR) is 56.1 cm³/mol. The molecule has 2 aromatic rings. The van der Waals surface area contributed by atoms with Crippen molar-refractivity contribution in [3.05, 3.63) is 40.2 Å². The SMILES string of the molecule is Cc1ncc(CNCc2ccco2)s1. The number of hydrogen-bond donors (Lipinski definition) is 1. The summed E-state index contributed by atoms with van der Waals surface area (Å²) in [6.07, 6.45) is 3.60. The van der Waals surface area contributed by atoms with Crippen molar-refractivity contribution in [2.24, 2.45) is 0 Å². The molecule has 0 radical (unpaired) electrons. The zero-order valence-electron chi connectivity index (χ0n) is 7.99. The van der Waals surface area contributed by atoms with Crippen molar-refractivity contribution >= 4 is 11.3 Å². The second-order valence-corrected chi connectivity index (χ2v) is 4.35. The quantitative estimate of drug-likeness (QED) is 0.838. The molecule has 74 valence electrons. The van der Waals surface area contributed by atoms with E-state index in [2.05, 4.69) is 10.3 Å². The maximum Gasteiger partial charge on any atom is 0.117 e. The molecule has 0 aliphatic rings. The molecule has 0 spiro atoms. The number of nitrogens with zero attached hydrogens (tertiary/aromatic N) is 1. The third kappa shape index (κ3) is 2.43. The van der Waals surface area contributed by atoms with E-state index in [0.717, 1.165) is 23.9 Å². The van der Waals surface area contributed by atoms with Gasteiger partial charge in [0.15, 0.2) is 0 Å². The summed E-state index contributed by atoms with van der Waals surface area (Å²) >= 11 is 1.72. The number of nitrogens with one attached hydrogen (secondary N) is 1. The van der Waals surface area contributed by atoms with Crippen LogP contribution in [0.3, 0.4) is 0 Å². The van der Waals surface area contributed by atoms with Gasteiger partial charge in [0.1, 0.15) is 5.76 Å². The van der Waals surface area contributed by atoms with E-state index in [9.17, 15) is 0 Å². The summed E-state index contributed by atoms with van der Waals surface area (Å²) in [7, 11) is 0. The van der Waals surface area contributed by atoms with Gasteiger partial charge in [-0.3, -0.25) is 0 Å². The van der Waals surface area contributed by atoms with Crippen molar-refractivity contribution in [2.75, 3.05) is 0 Å². The highest BCUT2D eigenvalue weighted by atomic mass is 32.1. The van der Waals surface area contributed by atoms with Crippen molar-refractivity contribution < 1.29 is 4.42 Å². The Balaban J connectivity index is 1.78. The van der Waals surface area contributed by atoms with Gasteiger partial charge in [0.05, 0.1) is 17.8 Å². The zero-order chi connectivity index (χ0) is 9.80. The number of rotatable bonds is 4. The van der Waals surface area contributed by atoms with Crippen molar-refractivity contribution in [2.45, 2.75) is 20.0 Å². The average Bonchev–Trinajstić information content (AvgIpc) is 2.77. The summed E-state index contributed by atoms with van der Waals surface area (Å²) < 4.78 is 5.20. The van der Waals surface area contributed by atoms with Crippen LogP contribution in [-0.4, -0.2) is 4.98 Å². The summed E-state index contributed by atoms with van der Waals surface area (Å²) in [5.74, 6) is 0.964. The maximum atomic E-state index is 5.20. The third-order valence-corrected chi connectivity index (χ3v) is 2.76. The molecule has 0 aliphatic carbocycles. The van der Waals surface area contributed by atoms with Crippen LogP contribution >= 0.6 is 11.3 Å². The van der Waals surface area contributed by atoms with E-state index in [1.165, 1.54) is 4.88 Å². The van der Waals surface area contributed by atoms with Gasteiger partial charge in [-0.2, -0.15) is 0 Å². The van der Waals surface area contributed by atoms with Crippen molar-refractivity contribution in [1.82, 2.24) is 10.3 Å². The molecule has 3 nitrogen and oxygen atoms in total. The monoisotopic (exact) mass is 208 g/mol. The number of hydrogen-bond acceptors (Lipinski definition) is 4. The molecule has 0 saturated heterocycles. The first-order valence-electron chi connectivity index (χ1n) is 4.49. The summed E-state index contributed by atoms with van der Waals surface area (Å²) in [6, 6.07) is 3.86. The molecule has 0 aromatic carbocycles. The highest BCUT2D eigenvalue weighted by Crippen LogP contribution is 2.11. The van der Waals surface area contributed by atoms with E-state index in [1.807, 2.05) is 25.3 Å². The molecule has 2 heterocycles. The molecular formula is C10H12N2OS. The Morgan fingerprint density at radius 1 is 1.50 bits per heavy atom. The minimum atomic E-state index is 0.768. The van der Waals surface area contributed by atoms with Crippen LogP contribution in [0.15, 0.2) is 29.0 Å². The van der Waals surface area contributed by atoms with Crippen LogP contribution < -0.4 is 5.32 Å². The maximum absolute atomic E-state index is 5.20. The standard InChI is InChI=1S/C10H12N2OS/c1-8-12-7-10(14-8)6-11-5-9-3-2-4-13-9/h2-4,7,11H,5-6H2,1H3. The van der Waals surface area contributed by atoms with Gasteiger partial charge in [0.2, 0.25) is 0 Å². The summed E-state index contributed by atoms with van der Waals surface area (Å²) in [5.41, 5.74) is 0. The van der Waals surface area contributed by atoms with E-state index in [-0.39, 0.29) is 0 Å². The van der Waals surface area contributed by atoms with Gasteiger partial charge in [-0.05, 0) is 19.1 Å². The first kappa shape index (κ1) is 9.43. The molecule has 0 saturated carbocycles. The minimum Gasteiger partial charge on any atom is -0.468 e. The second-order valence-electron chi connectivity index (χ2n) is 3.03. The molecule has 0 fully saturated rings. The van der Waals surface area contributed by atoms with Crippen LogP contribution in [0, 0.1) is 6.92 Å². The lowest BCUT2D eigenvalue weighted by Gasteiger charge is -1.98.